The van der Waals surface area contributed by atoms with Gasteiger partial charge in [-0.3, -0.25) is 9.69 Å². The molecule has 5 heteroatoms. The molecule has 2 rings (SSSR count). The summed E-state index contributed by atoms with van der Waals surface area (Å²) < 4.78 is 11.0. The number of methoxy groups -OCH3 is 1. The van der Waals surface area contributed by atoms with Crippen LogP contribution in [0.3, 0.4) is 0 Å². The van der Waals surface area contributed by atoms with Gasteiger partial charge in [0.15, 0.2) is 0 Å². The number of carbonyl (C=O) groups excluding carboxylic acids is 1. The second kappa shape index (κ2) is 8.31. The van der Waals surface area contributed by atoms with Crippen LogP contribution in [0.1, 0.15) is 31.1 Å². The fourth-order valence-electron chi connectivity index (χ4n) is 2.88. The number of nitrogens with zero attached hydrogens (tertiary/aromatic N) is 2. The molecule has 1 fully saturated rings. The van der Waals surface area contributed by atoms with Crippen LogP contribution < -0.4 is 4.74 Å². The Morgan fingerprint density at radius 2 is 1.78 bits per heavy atom. The molecule has 0 radical (unpaired) electrons. The maximum Gasteiger partial charge on any atom is 0.257 e. The van der Waals surface area contributed by atoms with E-state index in [1.54, 1.807) is 7.11 Å². The number of piperazine rings is 1. The number of rotatable bonds is 6. The number of ether oxygens (including phenoxy) is 2. The summed E-state index contributed by atoms with van der Waals surface area (Å²) in [7, 11) is 1.72. The molecule has 0 aliphatic carbocycles. The standard InChI is InChI=1S/C18H28N2O3/c1-14(2)23-17-8-6-5-7-16(17)18(21)20-11-9-19(10-12-20)15(3)13-22-4/h5-8,14-15H,9-13H2,1-4H3/t15-/m1/s1. The molecular weight excluding hydrogens is 292 g/mol. The normalized spacial score (nSPS) is 17.3. The highest BCUT2D eigenvalue weighted by molar-refractivity contribution is 5.97. The topological polar surface area (TPSA) is 42.0 Å². The van der Waals surface area contributed by atoms with Crippen molar-refractivity contribution in [2.75, 3.05) is 39.9 Å². The van der Waals surface area contributed by atoms with Crippen LogP contribution >= 0.6 is 0 Å². The fraction of sp³-hybridized carbons (Fsp3) is 0.611. The van der Waals surface area contributed by atoms with Crippen molar-refractivity contribution in [2.24, 2.45) is 0 Å². The van der Waals surface area contributed by atoms with E-state index in [1.807, 2.05) is 43.0 Å². The van der Waals surface area contributed by atoms with Crippen LogP contribution in [0.25, 0.3) is 0 Å². The molecule has 1 atom stereocenters. The Hall–Kier alpha value is -1.59. The molecule has 0 bridgehead atoms. The van der Waals surface area contributed by atoms with Gasteiger partial charge in [0.05, 0.1) is 18.3 Å². The molecule has 0 aromatic heterocycles. The van der Waals surface area contributed by atoms with Crippen molar-refractivity contribution >= 4 is 5.91 Å². The molecule has 0 N–H and O–H groups in total. The van der Waals surface area contributed by atoms with Gasteiger partial charge < -0.3 is 14.4 Å². The molecular formula is C18H28N2O3. The molecule has 0 saturated carbocycles. The zero-order valence-electron chi connectivity index (χ0n) is 14.6. The number of amides is 1. The van der Waals surface area contributed by atoms with E-state index in [1.165, 1.54) is 0 Å². The summed E-state index contributed by atoms with van der Waals surface area (Å²) in [5, 5.41) is 0. The molecule has 0 unspecified atom stereocenters. The van der Waals surface area contributed by atoms with E-state index >= 15 is 0 Å². The molecule has 0 spiro atoms. The SMILES string of the molecule is COC[C@@H](C)N1CCN(C(=O)c2ccccc2OC(C)C)CC1. The Labute approximate surface area is 139 Å². The van der Waals surface area contributed by atoms with Gasteiger partial charge in [0, 0.05) is 39.3 Å². The molecule has 128 valence electrons. The van der Waals surface area contributed by atoms with Crippen LogP contribution in [0.2, 0.25) is 0 Å². The first-order valence-corrected chi connectivity index (χ1v) is 8.31. The van der Waals surface area contributed by atoms with Gasteiger partial charge in [-0.05, 0) is 32.9 Å². The lowest BCUT2D eigenvalue weighted by molar-refractivity contribution is 0.0445. The minimum atomic E-state index is 0.0516. The van der Waals surface area contributed by atoms with E-state index in [4.69, 9.17) is 9.47 Å². The molecule has 23 heavy (non-hydrogen) atoms. The highest BCUT2D eigenvalue weighted by atomic mass is 16.5. The summed E-state index contributed by atoms with van der Waals surface area (Å²) in [4.78, 5) is 17.1. The molecule has 1 aromatic carbocycles. The highest BCUT2D eigenvalue weighted by Crippen LogP contribution is 2.22. The smallest absolute Gasteiger partial charge is 0.257 e. The summed E-state index contributed by atoms with van der Waals surface area (Å²) in [5.74, 6) is 0.725. The number of hydrogen-bond donors (Lipinski definition) is 0. The first kappa shape index (κ1) is 17.8. The Kier molecular flexibility index (Phi) is 6.42. The zero-order valence-corrected chi connectivity index (χ0v) is 14.6. The van der Waals surface area contributed by atoms with Gasteiger partial charge in [-0.15, -0.1) is 0 Å². The Bertz CT molecular complexity index is 511. The minimum Gasteiger partial charge on any atom is -0.490 e. The van der Waals surface area contributed by atoms with Gasteiger partial charge in [-0.2, -0.15) is 0 Å². The molecule has 1 aromatic rings. The van der Waals surface area contributed by atoms with Crippen molar-refractivity contribution in [1.82, 2.24) is 9.80 Å². The monoisotopic (exact) mass is 320 g/mol. The lowest BCUT2D eigenvalue weighted by Crippen LogP contribution is -2.52. The lowest BCUT2D eigenvalue weighted by atomic mass is 10.1. The summed E-state index contributed by atoms with van der Waals surface area (Å²) in [5.41, 5.74) is 0.652. The predicted octanol–water partition coefficient (Wildman–Crippen LogP) is 2.27. The Balaban J connectivity index is 2.00. The maximum absolute atomic E-state index is 12.8. The van der Waals surface area contributed by atoms with E-state index in [0.29, 0.717) is 17.4 Å². The average Bonchev–Trinajstić information content (AvgIpc) is 2.54. The second-order valence-corrected chi connectivity index (χ2v) is 6.30. The molecule has 5 nitrogen and oxygen atoms in total. The first-order chi connectivity index (χ1) is 11.0. The van der Waals surface area contributed by atoms with Crippen LogP contribution in [0.15, 0.2) is 24.3 Å². The lowest BCUT2D eigenvalue weighted by Gasteiger charge is -2.38. The Morgan fingerprint density at radius 1 is 1.13 bits per heavy atom. The van der Waals surface area contributed by atoms with Crippen LogP contribution in [0.5, 0.6) is 5.75 Å². The Morgan fingerprint density at radius 3 is 2.39 bits per heavy atom. The third-order valence-corrected chi connectivity index (χ3v) is 4.11. The molecule has 1 aliphatic heterocycles. The van der Waals surface area contributed by atoms with E-state index < -0.39 is 0 Å². The second-order valence-electron chi connectivity index (χ2n) is 6.30. The van der Waals surface area contributed by atoms with Crippen molar-refractivity contribution in [1.29, 1.82) is 0 Å². The highest BCUT2D eigenvalue weighted by Gasteiger charge is 2.26. The molecule has 1 saturated heterocycles. The van der Waals surface area contributed by atoms with Crippen molar-refractivity contribution in [2.45, 2.75) is 32.9 Å². The van der Waals surface area contributed by atoms with Crippen molar-refractivity contribution < 1.29 is 14.3 Å². The van der Waals surface area contributed by atoms with Crippen LogP contribution in [0, 0.1) is 0 Å². The van der Waals surface area contributed by atoms with Gasteiger partial charge >= 0.3 is 0 Å². The summed E-state index contributed by atoms with van der Waals surface area (Å²) in [6.45, 7) is 10.1. The molecule has 1 amide bonds. The number of carbonyl (C=O) groups is 1. The zero-order chi connectivity index (χ0) is 16.8. The van der Waals surface area contributed by atoms with E-state index in [9.17, 15) is 4.79 Å². The van der Waals surface area contributed by atoms with Gasteiger partial charge in [0.25, 0.3) is 5.91 Å². The van der Waals surface area contributed by atoms with Crippen LogP contribution in [-0.2, 0) is 4.74 Å². The summed E-state index contributed by atoms with van der Waals surface area (Å²) >= 11 is 0. The van der Waals surface area contributed by atoms with Gasteiger partial charge in [0.1, 0.15) is 5.75 Å². The van der Waals surface area contributed by atoms with E-state index in [-0.39, 0.29) is 12.0 Å². The van der Waals surface area contributed by atoms with E-state index in [2.05, 4.69) is 11.8 Å². The van der Waals surface area contributed by atoms with Crippen molar-refractivity contribution in [3.8, 4) is 5.75 Å². The third kappa shape index (κ3) is 4.69. The van der Waals surface area contributed by atoms with Gasteiger partial charge in [-0.1, -0.05) is 12.1 Å². The first-order valence-electron chi connectivity index (χ1n) is 8.31. The van der Waals surface area contributed by atoms with Crippen molar-refractivity contribution in [3.63, 3.8) is 0 Å². The van der Waals surface area contributed by atoms with Gasteiger partial charge in [0.2, 0.25) is 0 Å². The third-order valence-electron chi connectivity index (χ3n) is 4.11. The van der Waals surface area contributed by atoms with Crippen LogP contribution in [-0.4, -0.2) is 67.7 Å². The quantitative estimate of drug-likeness (QED) is 0.806. The summed E-state index contributed by atoms with van der Waals surface area (Å²) in [6, 6.07) is 7.88. The maximum atomic E-state index is 12.8. The number of benzene rings is 1. The number of hydrogen-bond acceptors (Lipinski definition) is 4. The molecule has 1 heterocycles. The minimum absolute atomic E-state index is 0.0516. The molecule has 1 aliphatic rings. The van der Waals surface area contributed by atoms with E-state index in [0.717, 1.165) is 32.8 Å². The predicted molar refractivity (Wildman–Crippen MR) is 91.0 cm³/mol. The van der Waals surface area contributed by atoms with Crippen molar-refractivity contribution in [3.05, 3.63) is 29.8 Å². The average molecular weight is 320 g/mol. The number of para-hydroxylation sites is 1. The van der Waals surface area contributed by atoms with Gasteiger partial charge in [-0.25, -0.2) is 0 Å². The summed E-state index contributed by atoms with van der Waals surface area (Å²) in [6.07, 6.45) is 0.0516. The van der Waals surface area contributed by atoms with Crippen LogP contribution in [0.4, 0.5) is 0 Å². The largest absolute Gasteiger partial charge is 0.490 e. The fourth-order valence-corrected chi connectivity index (χ4v) is 2.88.